The van der Waals surface area contributed by atoms with Crippen molar-refractivity contribution in [3.63, 3.8) is 0 Å². The highest BCUT2D eigenvalue weighted by atomic mass is 16.6. The molecule has 0 aromatic heterocycles. The minimum atomic E-state index is -0.715. The van der Waals surface area contributed by atoms with Crippen LogP contribution in [0.15, 0.2) is 54.6 Å². The molecule has 1 aliphatic rings. The van der Waals surface area contributed by atoms with E-state index in [1.54, 1.807) is 42.5 Å². The molecule has 122 valence electrons. The Bertz CT molecular complexity index is 773. The number of nitrogens with zero attached hydrogens (tertiary/aromatic N) is 1. The van der Waals surface area contributed by atoms with E-state index in [-0.39, 0.29) is 11.6 Å². The van der Waals surface area contributed by atoms with Gasteiger partial charge in [-0.2, -0.15) is 0 Å². The first-order valence-electron chi connectivity index (χ1n) is 7.34. The van der Waals surface area contributed by atoms with Crippen molar-refractivity contribution in [1.29, 1.82) is 0 Å². The summed E-state index contributed by atoms with van der Waals surface area (Å²) in [4.78, 5) is 33.9. The number of rotatable bonds is 5. The van der Waals surface area contributed by atoms with E-state index < -0.39 is 23.0 Å². The number of nitro groups is 1. The summed E-state index contributed by atoms with van der Waals surface area (Å²) in [5, 5.41) is 13.3. The molecule has 1 heterocycles. The Hall–Kier alpha value is -3.22. The van der Waals surface area contributed by atoms with Crippen molar-refractivity contribution in [3.05, 3.63) is 75.8 Å². The van der Waals surface area contributed by atoms with Crippen LogP contribution in [-0.4, -0.2) is 28.9 Å². The second-order valence-corrected chi connectivity index (χ2v) is 5.42. The minimum absolute atomic E-state index is 0.00159. The average molecular weight is 326 g/mol. The SMILES string of the molecule is O=C(N[C@@H]1C(=O)O[C@@H]1Cc1ccc([N+](=O)[O-])cc1)c1ccccc1. The summed E-state index contributed by atoms with van der Waals surface area (Å²) in [6.45, 7) is 0. The van der Waals surface area contributed by atoms with Crippen molar-refractivity contribution in [2.75, 3.05) is 0 Å². The molecule has 1 amide bonds. The van der Waals surface area contributed by atoms with Crippen molar-refractivity contribution in [3.8, 4) is 0 Å². The largest absolute Gasteiger partial charge is 0.458 e. The fourth-order valence-corrected chi connectivity index (χ4v) is 2.48. The summed E-state index contributed by atoms with van der Waals surface area (Å²) in [5.41, 5.74) is 1.25. The lowest BCUT2D eigenvalue weighted by Crippen LogP contribution is -2.60. The second-order valence-electron chi connectivity index (χ2n) is 5.42. The summed E-state index contributed by atoms with van der Waals surface area (Å²) < 4.78 is 5.08. The molecular weight excluding hydrogens is 312 g/mol. The van der Waals surface area contributed by atoms with Crippen LogP contribution in [0.3, 0.4) is 0 Å². The summed E-state index contributed by atoms with van der Waals surface area (Å²) >= 11 is 0. The molecule has 3 rings (SSSR count). The fraction of sp³-hybridized carbons (Fsp3) is 0.176. The highest BCUT2D eigenvalue weighted by Gasteiger charge is 2.43. The molecule has 2 aromatic carbocycles. The van der Waals surface area contributed by atoms with E-state index in [4.69, 9.17) is 4.74 Å². The lowest BCUT2D eigenvalue weighted by molar-refractivity contribution is -0.384. The maximum atomic E-state index is 12.1. The number of esters is 1. The third-order valence-corrected chi connectivity index (χ3v) is 3.80. The topological polar surface area (TPSA) is 98.5 Å². The average Bonchev–Trinajstić information content (AvgIpc) is 2.60. The lowest BCUT2D eigenvalue weighted by Gasteiger charge is -2.35. The quantitative estimate of drug-likeness (QED) is 0.514. The van der Waals surface area contributed by atoms with Crippen LogP contribution >= 0.6 is 0 Å². The number of nitrogens with one attached hydrogen (secondary N) is 1. The molecule has 2 atom stereocenters. The van der Waals surface area contributed by atoms with Gasteiger partial charge >= 0.3 is 5.97 Å². The molecule has 0 aliphatic carbocycles. The molecule has 24 heavy (non-hydrogen) atoms. The van der Waals surface area contributed by atoms with Crippen LogP contribution < -0.4 is 5.32 Å². The van der Waals surface area contributed by atoms with E-state index in [1.165, 1.54) is 12.1 Å². The van der Waals surface area contributed by atoms with E-state index in [9.17, 15) is 19.7 Å². The maximum absolute atomic E-state index is 12.1. The number of nitro benzene ring substituents is 1. The number of carbonyl (C=O) groups excluding carboxylic acids is 2. The maximum Gasteiger partial charge on any atom is 0.332 e. The summed E-state index contributed by atoms with van der Waals surface area (Å²) in [6.07, 6.45) is -0.102. The van der Waals surface area contributed by atoms with Gasteiger partial charge in [0.25, 0.3) is 11.6 Å². The van der Waals surface area contributed by atoms with Gasteiger partial charge in [0.05, 0.1) is 4.92 Å². The Morgan fingerprint density at radius 3 is 2.38 bits per heavy atom. The van der Waals surface area contributed by atoms with Gasteiger partial charge in [0.2, 0.25) is 0 Å². The van der Waals surface area contributed by atoms with E-state index in [1.807, 2.05) is 0 Å². The normalized spacial score (nSPS) is 19.1. The zero-order valence-electron chi connectivity index (χ0n) is 12.5. The molecule has 2 aromatic rings. The number of hydrogen-bond acceptors (Lipinski definition) is 5. The minimum Gasteiger partial charge on any atom is -0.458 e. The molecule has 1 aliphatic heterocycles. The molecule has 0 radical (unpaired) electrons. The Morgan fingerprint density at radius 1 is 1.12 bits per heavy atom. The third-order valence-electron chi connectivity index (χ3n) is 3.80. The van der Waals surface area contributed by atoms with Crippen molar-refractivity contribution in [2.24, 2.45) is 0 Å². The van der Waals surface area contributed by atoms with Crippen LogP contribution in [0.4, 0.5) is 5.69 Å². The predicted molar refractivity (Wildman–Crippen MR) is 84.4 cm³/mol. The zero-order valence-corrected chi connectivity index (χ0v) is 12.5. The number of non-ortho nitro benzene ring substituents is 1. The molecule has 0 bridgehead atoms. The summed E-state index contributed by atoms with van der Waals surface area (Å²) in [7, 11) is 0. The molecular formula is C17H14N2O5. The molecule has 1 fully saturated rings. The van der Waals surface area contributed by atoms with Crippen LogP contribution in [0.1, 0.15) is 15.9 Å². The van der Waals surface area contributed by atoms with Gasteiger partial charge in [0.15, 0.2) is 6.04 Å². The Kier molecular flexibility index (Phi) is 4.24. The smallest absolute Gasteiger partial charge is 0.332 e. The molecule has 7 heteroatoms. The van der Waals surface area contributed by atoms with Crippen LogP contribution in [0.2, 0.25) is 0 Å². The van der Waals surface area contributed by atoms with Crippen molar-refractivity contribution in [2.45, 2.75) is 18.6 Å². The first kappa shape index (κ1) is 15.7. The number of hydrogen-bond donors (Lipinski definition) is 1. The number of amides is 1. The first-order valence-corrected chi connectivity index (χ1v) is 7.34. The number of cyclic esters (lactones) is 1. The summed E-state index contributed by atoms with van der Waals surface area (Å²) in [6, 6.07) is 13.9. The van der Waals surface area contributed by atoms with Gasteiger partial charge < -0.3 is 10.1 Å². The molecule has 1 N–H and O–H groups in total. The Morgan fingerprint density at radius 2 is 1.79 bits per heavy atom. The van der Waals surface area contributed by atoms with E-state index in [0.29, 0.717) is 12.0 Å². The van der Waals surface area contributed by atoms with E-state index >= 15 is 0 Å². The molecule has 0 spiro atoms. The van der Waals surface area contributed by atoms with Crippen LogP contribution in [0.5, 0.6) is 0 Å². The van der Waals surface area contributed by atoms with Crippen molar-refractivity contribution in [1.82, 2.24) is 5.32 Å². The predicted octanol–water partition coefficient (Wildman–Crippen LogP) is 1.86. The van der Waals surface area contributed by atoms with Crippen LogP contribution in [-0.2, 0) is 16.0 Å². The van der Waals surface area contributed by atoms with Crippen molar-refractivity contribution < 1.29 is 19.2 Å². The lowest BCUT2D eigenvalue weighted by atomic mass is 9.97. The van der Waals surface area contributed by atoms with Gasteiger partial charge in [-0.15, -0.1) is 0 Å². The standard InChI is InChI=1S/C17H14N2O5/c20-16(12-4-2-1-3-5-12)18-15-14(24-17(15)21)10-11-6-8-13(9-7-11)19(22)23/h1-9,14-15H,10H2,(H,18,20)/t14-,15+/m1/s1. The number of ether oxygens (including phenoxy) is 1. The number of carbonyl (C=O) groups is 2. The fourth-order valence-electron chi connectivity index (χ4n) is 2.48. The second kappa shape index (κ2) is 6.49. The van der Waals surface area contributed by atoms with Gasteiger partial charge in [-0.3, -0.25) is 14.9 Å². The highest BCUT2D eigenvalue weighted by Crippen LogP contribution is 2.21. The van der Waals surface area contributed by atoms with Gasteiger partial charge in [0, 0.05) is 24.1 Å². The monoisotopic (exact) mass is 326 g/mol. The third kappa shape index (κ3) is 3.24. The first-order chi connectivity index (χ1) is 11.5. The van der Waals surface area contributed by atoms with Crippen LogP contribution in [0, 0.1) is 10.1 Å². The highest BCUT2D eigenvalue weighted by molar-refractivity contribution is 5.98. The number of benzene rings is 2. The van der Waals surface area contributed by atoms with Gasteiger partial charge in [-0.1, -0.05) is 30.3 Å². The van der Waals surface area contributed by atoms with Crippen LogP contribution in [0.25, 0.3) is 0 Å². The van der Waals surface area contributed by atoms with Crippen molar-refractivity contribution >= 4 is 17.6 Å². The molecule has 7 nitrogen and oxygen atoms in total. The van der Waals surface area contributed by atoms with Gasteiger partial charge in [-0.25, -0.2) is 4.79 Å². The molecule has 0 saturated carbocycles. The zero-order chi connectivity index (χ0) is 17.1. The Labute approximate surface area is 137 Å². The van der Waals surface area contributed by atoms with E-state index in [0.717, 1.165) is 5.56 Å². The van der Waals surface area contributed by atoms with Gasteiger partial charge in [0.1, 0.15) is 6.10 Å². The molecule has 1 saturated heterocycles. The Balaban J connectivity index is 1.63. The van der Waals surface area contributed by atoms with E-state index in [2.05, 4.69) is 5.32 Å². The van der Waals surface area contributed by atoms with Gasteiger partial charge in [-0.05, 0) is 17.7 Å². The molecule has 0 unspecified atom stereocenters. The summed E-state index contributed by atoms with van der Waals surface area (Å²) in [5.74, 6) is -0.822.